The van der Waals surface area contributed by atoms with Crippen LogP contribution in [0.2, 0.25) is 0 Å². The first-order valence-electron chi connectivity index (χ1n) is 10.4. The highest BCUT2D eigenvalue weighted by Crippen LogP contribution is 2.15. The van der Waals surface area contributed by atoms with E-state index in [1.807, 2.05) is 24.3 Å². The molecule has 6 nitrogen and oxygen atoms in total. The van der Waals surface area contributed by atoms with Gasteiger partial charge in [-0.2, -0.15) is 0 Å². The molecule has 158 valence electrons. The fourth-order valence-corrected chi connectivity index (χ4v) is 3.46. The third kappa shape index (κ3) is 5.63. The van der Waals surface area contributed by atoms with Crippen molar-refractivity contribution in [2.75, 3.05) is 34.2 Å². The number of aliphatic imine (C=N–C) groups is 1. The molecule has 1 amide bonds. The number of fused-ring (bicyclic) bond motifs is 1. The zero-order valence-corrected chi connectivity index (χ0v) is 18.1. The second-order valence-electron chi connectivity index (χ2n) is 7.50. The SMILES string of the molecule is CN=C(NCCCn1ccc2ccccc21)NCCc1cccc(C(=O)N(C)C)c1. The fourth-order valence-electron chi connectivity index (χ4n) is 3.46. The summed E-state index contributed by atoms with van der Waals surface area (Å²) in [4.78, 5) is 18.0. The summed E-state index contributed by atoms with van der Waals surface area (Å²) in [5.41, 5.74) is 3.12. The van der Waals surface area contributed by atoms with E-state index in [1.54, 1.807) is 26.0 Å². The predicted molar refractivity (Wildman–Crippen MR) is 124 cm³/mol. The van der Waals surface area contributed by atoms with Crippen molar-refractivity contribution in [3.63, 3.8) is 0 Å². The number of carbonyl (C=O) groups is 1. The lowest BCUT2D eigenvalue weighted by atomic mass is 10.1. The Hall–Kier alpha value is -3.28. The number of benzene rings is 2. The van der Waals surface area contributed by atoms with Crippen molar-refractivity contribution in [3.05, 3.63) is 71.9 Å². The molecule has 0 aliphatic carbocycles. The van der Waals surface area contributed by atoms with E-state index < -0.39 is 0 Å². The van der Waals surface area contributed by atoms with Crippen LogP contribution in [-0.2, 0) is 13.0 Å². The van der Waals surface area contributed by atoms with Gasteiger partial charge in [0.1, 0.15) is 0 Å². The van der Waals surface area contributed by atoms with Gasteiger partial charge in [-0.05, 0) is 48.1 Å². The molecule has 2 aromatic carbocycles. The van der Waals surface area contributed by atoms with Crippen LogP contribution in [0.1, 0.15) is 22.3 Å². The average molecular weight is 406 g/mol. The van der Waals surface area contributed by atoms with Crippen LogP contribution in [0.4, 0.5) is 0 Å². The minimum absolute atomic E-state index is 0.0257. The van der Waals surface area contributed by atoms with E-state index in [0.29, 0.717) is 0 Å². The molecule has 2 N–H and O–H groups in total. The number of aryl methyl sites for hydroxylation is 1. The molecule has 0 fully saturated rings. The number of nitrogens with one attached hydrogen (secondary N) is 2. The summed E-state index contributed by atoms with van der Waals surface area (Å²) >= 11 is 0. The lowest BCUT2D eigenvalue weighted by Gasteiger charge is -2.13. The Bertz CT molecular complexity index is 1010. The average Bonchev–Trinajstić information content (AvgIpc) is 3.18. The Morgan fingerprint density at radius 2 is 1.83 bits per heavy atom. The van der Waals surface area contributed by atoms with Gasteiger partial charge in [-0.3, -0.25) is 9.79 Å². The minimum atomic E-state index is 0.0257. The van der Waals surface area contributed by atoms with Crippen LogP contribution in [0, 0.1) is 0 Å². The van der Waals surface area contributed by atoms with Gasteiger partial charge in [0, 0.05) is 58.1 Å². The molecule has 3 rings (SSSR count). The van der Waals surface area contributed by atoms with Crippen LogP contribution in [-0.4, -0.2) is 55.6 Å². The molecule has 0 atom stereocenters. The Morgan fingerprint density at radius 3 is 2.63 bits per heavy atom. The zero-order chi connectivity index (χ0) is 21.3. The summed E-state index contributed by atoms with van der Waals surface area (Å²) in [7, 11) is 5.32. The number of guanidine groups is 1. The van der Waals surface area contributed by atoms with E-state index in [-0.39, 0.29) is 5.91 Å². The lowest BCUT2D eigenvalue weighted by molar-refractivity contribution is 0.0827. The van der Waals surface area contributed by atoms with E-state index in [1.165, 1.54) is 10.9 Å². The maximum absolute atomic E-state index is 12.1. The fraction of sp³-hybridized carbons (Fsp3) is 0.333. The van der Waals surface area contributed by atoms with Crippen LogP contribution in [0.5, 0.6) is 0 Å². The second-order valence-corrected chi connectivity index (χ2v) is 7.50. The van der Waals surface area contributed by atoms with Gasteiger partial charge in [-0.15, -0.1) is 0 Å². The molecule has 1 heterocycles. The largest absolute Gasteiger partial charge is 0.356 e. The van der Waals surface area contributed by atoms with Crippen molar-refractivity contribution in [2.24, 2.45) is 4.99 Å². The first kappa shape index (κ1) is 21.4. The quantitative estimate of drug-likeness (QED) is 0.344. The summed E-state index contributed by atoms with van der Waals surface area (Å²) in [6.45, 7) is 2.56. The van der Waals surface area contributed by atoms with Crippen molar-refractivity contribution >= 4 is 22.8 Å². The molecule has 0 saturated carbocycles. The van der Waals surface area contributed by atoms with E-state index >= 15 is 0 Å². The Kier molecular flexibility index (Phi) is 7.49. The van der Waals surface area contributed by atoms with Gasteiger partial charge >= 0.3 is 0 Å². The standard InChI is InChI=1S/C24H31N5O/c1-25-24(26-14-7-16-29-17-13-20-9-4-5-11-22(20)29)27-15-12-19-8-6-10-21(18-19)23(30)28(2)3/h4-6,8-11,13,17-18H,7,12,14-16H2,1-3H3,(H2,25,26,27). The second kappa shape index (κ2) is 10.5. The molecule has 0 aliphatic heterocycles. The van der Waals surface area contributed by atoms with Crippen LogP contribution in [0.25, 0.3) is 10.9 Å². The van der Waals surface area contributed by atoms with Crippen molar-refractivity contribution in [1.82, 2.24) is 20.1 Å². The van der Waals surface area contributed by atoms with Gasteiger partial charge in [0.05, 0.1) is 0 Å². The number of rotatable bonds is 8. The molecule has 0 radical (unpaired) electrons. The zero-order valence-electron chi connectivity index (χ0n) is 18.1. The maximum Gasteiger partial charge on any atom is 0.253 e. The minimum Gasteiger partial charge on any atom is -0.356 e. The third-order valence-electron chi connectivity index (χ3n) is 5.06. The summed E-state index contributed by atoms with van der Waals surface area (Å²) < 4.78 is 2.29. The van der Waals surface area contributed by atoms with Crippen molar-refractivity contribution in [1.29, 1.82) is 0 Å². The maximum atomic E-state index is 12.1. The van der Waals surface area contributed by atoms with Gasteiger partial charge in [-0.1, -0.05) is 30.3 Å². The Labute approximate surface area is 178 Å². The number of amides is 1. The van der Waals surface area contributed by atoms with Crippen molar-refractivity contribution in [3.8, 4) is 0 Å². The molecular formula is C24H31N5O. The molecule has 0 spiro atoms. The Morgan fingerprint density at radius 1 is 1.03 bits per heavy atom. The Balaban J connectivity index is 1.41. The van der Waals surface area contributed by atoms with Crippen LogP contribution >= 0.6 is 0 Å². The lowest BCUT2D eigenvalue weighted by Crippen LogP contribution is -2.39. The molecule has 1 aromatic heterocycles. The first-order valence-corrected chi connectivity index (χ1v) is 10.4. The van der Waals surface area contributed by atoms with Gasteiger partial charge in [0.2, 0.25) is 0 Å². The number of hydrogen-bond donors (Lipinski definition) is 2. The van der Waals surface area contributed by atoms with Gasteiger partial charge in [0.25, 0.3) is 5.91 Å². The highest BCUT2D eigenvalue weighted by molar-refractivity contribution is 5.94. The molecule has 3 aromatic rings. The smallest absolute Gasteiger partial charge is 0.253 e. The molecule has 0 saturated heterocycles. The number of hydrogen-bond acceptors (Lipinski definition) is 2. The normalized spacial score (nSPS) is 11.5. The molecule has 30 heavy (non-hydrogen) atoms. The van der Waals surface area contributed by atoms with Gasteiger partial charge in [0.15, 0.2) is 5.96 Å². The number of aromatic nitrogens is 1. The summed E-state index contributed by atoms with van der Waals surface area (Å²) in [5.74, 6) is 0.825. The summed E-state index contributed by atoms with van der Waals surface area (Å²) in [6, 6.07) is 18.4. The highest BCUT2D eigenvalue weighted by atomic mass is 16.2. The van der Waals surface area contributed by atoms with Crippen molar-refractivity contribution < 1.29 is 4.79 Å². The first-order chi connectivity index (χ1) is 14.6. The van der Waals surface area contributed by atoms with Gasteiger partial charge < -0.3 is 20.1 Å². The van der Waals surface area contributed by atoms with Crippen LogP contribution in [0.15, 0.2) is 65.8 Å². The number of nitrogens with zero attached hydrogens (tertiary/aromatic N) is 3. The molecule has 0 aliphatic rings. The van der Waals surface area contributed by atoms with E-state index in [4.69, 9.17) is 0 Å². The molecule has 6 heteroatoms. The van der Waals surface area contributed by atoms with E-state index in [2.05, 4.69) is 56.7 Å². The van der Waals surface area contributed by atoms with E-state index in [9.17, 15) is 4.79 Å². The predicted octanol–water partition coefficient (Wildman–Crippen LogP) is 3.14. The summed E-state index contributed by atoms with van der Waals surface area (Å²) in [5, 5.41) is 8.00. The topological polar surface area (TPSA) is 61.7 Å². The monoisotopic (exact) mass is 405 g/mol. The van der Waals surface area contributed by atoms with Crippen LogP contribution in [0.3, 0.4) is 0 Å². The van der Waals surface area contributed by atoms with Gasteiger partial charge in [-0.25, -0.2) is 0 Å². The van der Waals surface area contributed by atoms with Crippen molar-refractivity contribution in [2.45, 2.75) is 19.4 Å². The van der Waals surface area contributed by atoms with Crippen LogP contribution < -0.4 is 10.6 Å². The highest BCUT2D eigenvalue weighted by Gasteiger charge is 2.08. The molecule has 0 unspecified atom stereocenters. The van der Waals surface area contributed by atoms with E-state index in [0.717, 1.165) is 49.6 Å². The summed E-state index contributed by atoms with van der Waals surface area (Å²) in [6.07, 6.45) is 3.98. The number of carbonyl (C=O) groups excluding carboxylic acids is 1. The third-order valence-corrected chi connectivity index (χ3v) is 5.06. The molecular weight excluding hydrogens is 374 g/mol. The molecule has 0 bridgehead atoms. The number of para-hydroxylation sites is 1.